The third kappa shape index (κ3) is 5.75. The van der Waals surface area contributed by atoms with Crippen LogP contribution in [0.2, 0.25) is 5.02 Å². The second-order valence-corrected chi connectivity index (χ2v) is 9.35. The molecule has 7 nitrogen and oxygen atoms in total. The van der Waals surface area contributed by atoms with Crippen molar-refractivity contribution in [2.24, 2.45) is 0 Å². The van der Waals surface area contributed by atoms with E-state index in [1.807, 2.05) is 13.8 Å². The quantitative estimate of drug-likeness (QED) is 0.250. The molecule has 4 heterocycles. The second-order valence-electron chi connectivity index (χ2n) is 8.98. The minimum Gasteiger partial charge on any atom is -0.473 e. The van der Waals surface area contributed by atoms with Crippen LogP contribution in [0.3, 0.4) is 0 Å². The summed E-state index contributed by atoms with van der Waals surface area (Å²) in [5.41, 5.74) is -0.0605. The Bertz CT molecular complexity index is 1610. The van der Waals surface area contributed by atoms with E-state index in [0.717, 1.165) is 6.07 Å². The Morgan fingerprint density at radius 1 is 1.00 bits per heavy atom. The Morgan fingerprint density at radius 2 is 1.72 bits per heavy atom. The molecule has 1 atom stereocenters. The van der Waals surface area contributed by atoms with Crippen molar-refractivity contribution in [1.29, 1.82) is 0 Å². The molecule has 1 unspecified atom stereocenters. The summed E-state index contributed by atoms with van der Waals surface area (Å²) < 4.78 is 75.1. The Balaban J connectivity index is 1.80. The average Bonchev–Trinajstić information content (AvgIpc) is 2.86. The summed E-state index contributed by atoms with van der Waals surface area (Å²) in [5.74, 6) is -2.72. The zero-order chi connectivity index (χ0) is 28.6. The first-order valence-electron chi connectivity index (χ1n) is 11.5. The largest absolute Gasteiger partial charge is 0.473 e. The molecule has 39 heavy (non-hydrogen) atoms. The average molecular weight is 566 g/mol. The molecule has 0 amide bonds. The fourth-order valence-electron chi connectivity index (χ4n) is 3.78. The van der Waals surface area contributed by atoms with Crippen molar-refractivity contribution in [1.82, 2.24) is 24.5 Å². The third-order valence-electron chi connectivity index (χ3n) is 5.70. The summed E-state index contributed by atoms with van der Waals surface area (Å²) in [5, 5.41) is -0.681. The molecule has 0 spiro atoms. The maximum atomic E-state index is 14.2. The molecule has 0 radical (unpaired) electrons. The van der Waals surface area contributed by atoms with E-state index < -0.39 is 45.9 Å². The number of aryl methyl sites for hydroxylation is 2. The van der Waals surface area contributed by atoms with Crippen molar-refractivity contribution in [3.8, 4) is 22.8 Å². The standard InChI is InChI=1S/C26H21ClF5N5O2/c1-12(2)24-33-6-5-17(36-24)18-9-19(13(3)10-34-18)37-14(4)7-20(21(27)25(37)38)39-23(26(30,31)32)22-16(29)8-15(28)11-35-22/h5-12,23H,1-4H3. The Hall–Kier alpha value is -3.93. The Labute approximate surface area is 224 Å². The number of hydrogen-bond acceptors (Lipinski definition) is 6. The highest BCUT2D eigenvalue weighted by Gasteiger charge is 2.46. The van der Waals surface area contributed by atoms with E-state index in [1.165, 1.54) is 17.7 Å². The molecule has 0 saturated heterocycles. The first kappa shape index (κ1) is 28.1. The van der Waals surface area contributed by atoms with Crippen LogP contribution in [-0.4, -0.2) is 30.7 Å². The summed E-state index contributed by atoms with van der Waals surface area (Å²) in [6, 6.07) is 4.63. The zero-order valence-corrected chi connectivity index (χ0v) is 21.8. The number of ether oxygens (including phenoxy) is 1. The van der Waals surface area contributed by atoms with Crippen molar-refractivity contribution in [3.05, 3.63) is 92.6 Å². The van der Waals surface area contributed by atoms with Crippen LogP contribution in [0.5, 0.6) is 5.75 Å². The lowest BCUT2D eigenvalue weighted by atomic mass is 10.1. The lowest BCUT2D eigenvalue weighted by Crippen LogP contribution is -2.30. The van der Waals surface area contributed by atoms with Gasteiger partial charge in [0.2, 0.25) is 6.10 Å². The van der Waals surface area contributed by atoms with Crippen molar-refractivity contribution < 1.29 is 26.7 Å². The van der Waals surface area contributed by atoms with Crippen LogP contribution < -0.4 is 10.3 Å². The molecule has 204 valence electrons. The fourth-order valence-corrected chi connectivity index (χ4v) is 3.96. The minimum atomic E-state index is -5.17. The van der Waals surface area contributed by atoms with Crippen molar-refractivity contribution in [2.45, 2.75) is 45.9 Å². The van der Waals surface area contributed by atoms with Crippen LogP contribution in [-0.2, 0) is 0 Å². The van der Waals surface area contributed by atoms with E-state index in [0.29, 0.717) is 34.7 Å². The van der Waals surface area contributed by atoms with E-state index in [9.17, 15) is 26.7 Å². The minimum absolute atomic E-state index is 0.0604. The third-order valence-corrected chi connectivity index (χ3v) is 6.04. The van der Waals surface area contributed by atoms with Gasteiger partial charge in [-0.05, 0) is 31.5 Å². The summed E-state index contributed by atoms with van der Waals surface area (Å²) in [4.78, 5) is 29.7. The van der Waals surface area contributed by atoms with E-state index in [4.69, 9.17) is 16.3 Å². The van der Waals surface area contributed by atoms with Gasteiger partial charge in [0.25, 0.3) is 5.56 Å². The molecule has 0 aliphatic rings. The summed E-state index contributed by atoms with van der Waals surface area (Å²) in [7, 11) is 0. The number of rotatable bonds is 6. The highest BCUT2D eigenvalue weighted by Crippen LogP contribution is 2.39. The molecular weight excluding hydrogens is 545 g/mol. The van der Waals surface area contributed by atoms with Gasteiger partial charge in [-0.3, -0.25) is 19.3 Å². The van der Waals surface area contributed by atoms with Gasteiger partial charge in [0.15, 0.2) is 5.82 Å². The molecule has 0 aliphatic carbocycles. The maximum absolute atomic E-state index is 14.2. The highest BCUT2D eigenvalue weighted by atomic mass is 35.5. The van der Waals surface area contributed by atoms with Crippen LogP contribution in [0.1, 0.15) is 48.6 Å². The second kappa shape index (κ2) is 10.7. The van der Waals surface area contributed by atoms with Gasteiger partial charge in [-0.2, -0.15) is 13.2 Å². The zero-order valence-electron chi connectivity index (χ0n) is 21.0. The summed E-state index contributed by atoms with van der Waals surface area (Å²) in [6.45, 7) is 7.03. The van der Waals surface area contributed by atoms with Gasteiger partial charge in [-0.15, -0.1) is 0 Å². The molecule has 0 bridgehead atoms. The molecule has 0 aromatic carbocycles. The molecule has 0 saturated carbocycles. The number of aromatic nitrogens is 5. The molecule has 4 aromatic heterocycles. The lowest BCUT2D eigenvalue weighted by molar-refractivity contribution is -0.199. The topological polar surface area (TPSA) is 82.8 Å². The molecule has 4 rings (SSSR count). The summed E-state index contributed by atoms with van der Waals surface area (Å²) in [6.07, 6.45) is -4.57. The monoisotopic (exact) mass is 565 g/mol. The number of nitrogens with zero attached hydrogens (tertiary/aromatic N) is 5. The van der Waals surface area contributed by atoms with Gasteiger partial charge >= 0.3 is 6.18 Å². The predicted octanol–water partition coefficient (Wildman–Crippen LogP) is 6.44. The molecule has 0 aliphatic heterocycles. The van der Waals surface area contributed by atoms with Crippen LogP contribution in [0.25, 0.3) is 17.1 Å². The van der Waals surface area contributed by atoms with Crippen LogP contribution in [0.15, 0.2) is 47.7 Å². The van der Waals surface area contributed by atoms with Gasteiger partial charge in [-0.25, -0.2) is 18.7 Å². The van der Waals surface area contributed by atoms with Gasteiger partial charge in [0.05, 0.1) is 23.3 Å². The first-order chi connectivity index (χ1) is 18.3. The Morgan fingerprint density at radius 3 is 2.36 bits per heavy atom. The van der Waals surface area contributed by atoms with Crippen LogP contribution in [0, 0.1) is 25.5 Å². The highest BCUT2D eigenvalue weighted by molar-refractivity contribution is 6.31. The molecule has 0 N–H and O–H groups in total. The normalized spacial score (nSPS) is 12.6. The van der Waals surface area contributed by atoms with Gasteiger partial charge in [0, 0.05) is 36.1 Å². The smallest absolute Gasteiger partial charge is 0.431 e. The maximum Gasteiger partial charge on any atom is 0.431 e. The number of halogens is 6. The van der Waals surface area contributed by atoms with E-state index >= 15 is 0 Å². The van der Waals surface area contributed by atoms with E-state index in [1.54, 1.807) is 25.3 Å². The first-order valence-corrected chi connectivity index (χ1v) is 11.9. The predicted molar refractivity (Wildman–Crippen MR) is 133 cm³/mol. The summed E-state index contributed by atoms with van der Waals surface area (Å²) >= 11 is 6.20. The Kier molecular flexibility index (Phi) is 7.69. The van der Waals surface area contributed by atoms with Crippen molar-refractivity contribution in [2.75, 3.05) is 0 Å². The van der Waals surface area contributed by atoms with Gasteiger partial charge < -0.3 is 4.74 Å². The van der Waals surface area contributed by atoms with Gasteiger partial charge in [0.1, 0.15) is 28.1 Å². The molecule has 13 heteroatoms. The van der Waals surface area contributed by atoms with Crippen molar-refractivity contribution in [3.63, 3.8) is 0 Å². The molecule has 4 aromatic rings. The van der Waals surface area contributed by atoms with E-state index in [-0.39, 0.29) is 17.7 Å². The van der Waals surface area contributed by atoms with Crippen LogP contribution >= 0.6 is 11.6 Å². The van der Waals surface area contributed by atoms with Crippen LogP contribution in [0.4, 0.5) is 22.0 Å². The number of pyridine rings is 3. The van der Waals surface area contributed by atoms with Gasteiger partial charge in [-0.1, -0.05) is 25.4 Å². The molecule has 0 fully saturated rings. The lowest BCUT2D eigenvalue weighted by Gasteiger charge is -2.23. The van der Waals surface area contributed by atoms with E-state index in [2.05, 4.69) is 19.9 Å². The number of alkyl halides is 3. The SMILES string of the molecule is Cc1cnc(-c2ccnc(C(C)C)n2)cc1-n1c(C)cc(OC(c2ncc(F)cc2F)C(F)(F)F)c(Cl)c1=O. The fraction of sp³-hybridized carbons (Fsp3) is 0.269. The van der Waals surface area contributed by atoms with Crippen molar-refractivity contribution >= 4 is 11.6 Å². The molecular formula is C26H21ClF5N5O2. The number of hydrogen-bond donors (Lipinski definition) is 0.